The van der Waals surface area contributed by atoms with Crippen LogP contribution >= 0.6 is 0 Å². The second kappa shape index (κ2) is 8.95. The van der Waals surface area contributed by atoms with Gasteiger partial charge in [-0.2, -0.15) is 0 Å². The van der Waals surface area contributed by atoms with Crippen molar-refractivity contribution in [1.82, 2.24) is 5.32 Å². The van der Waals surface area contributed by atoms with Crippen molar-refractivity contribution in [2.45, 2.75) is 40.5 Å². The van der Waals surface area contributed by atoms with Crippen molar-refractivity contribution in [3.8, 4) is 5.75 Å². The van der Waals surface area contributed by atoms with E-state index in [1.807, 2.05) is 58.0 Å². The fourth-order valence-corrected chi connectivity index (χ4v) is 3.43. The lowest BCUT2D eigenvalue weighted by Crippen LogP contribution is -2.28. The zero-order chi connectivity index (χ0) is 21.0. The molecule has 29 heavy (non-hydrogen) atoms. The number of benzene rings is 2. The number of carbonyl (C=O) groups is 1. The van der Waals surface area contributed by atoms with Gasteiger partial charge in [0.1, 0.15) is 17.9 Å². The van der Waals surface area contributed by atoms with Gasteiger partial charge >= 0.3 is 5.63 Å². The lowest BCUT2D eigenvalue weighted by molar-refractivity contribution is -0.121. The molecule has 5 heteroatoms. The number of nitrogens with one attached hydrogen (secondary N) is 1. The predicted molar refractivity (Wildman–Crippen MR) is 115 cm³/mol. The van der Waals surface area contributed by atoms with Gasteiger partial charge in [-0.1, -0.05) is 29.8 Å². The summed E-state index contributed by atoms with van der Waals surface area (Å²) in [5, 5.41) is 3.75. The molecule has 2 aromatic carbocycles. The van der Waals surface area contributed by atoms with Crippen molar-refractivity contribution in [3.63, 3.8) is 0 Å². The van der Waals surface area contributed by atoms with Gasteiger partial charge in [-0.05, 0) is 62.9 Å². The molecule has 0 radical (unpaired) electrons. The summed E-state index contributed by atoms with van der Waals surface area (Å²) in [5.74, 6) is 0.710. The van der Waals surface area contributed by atoms with Gasteiger partial charge < -0.3 is 14.5 Å². The first-order valence-corrected chi connectivity index (χ1v) is 9.85. The van der Waals surface area contributed by atoms with E-state index in [4.69, 9.17) is 9.15 Å². The molecular formula is C24H27NO4. The molecule has 1 amide bonds. The van der Waals surface area contributed by atoms with Crippen LogP contribution in [0.15, 0.2) is 45.6 Å². The smallest absolute Gasteiger partial charge is 0.339 e. The van der Waals surface area contributed by atoms with Crippen LogP contribution in [0.1, 0.15) is 34.2 Å². The minimum absolute atomic E-state index is 0.114. The van der Waals surface area contributed by atoms with E-state index < -0.39 is 0 Å². The Hall–Kier alpha value is -3.08. The average Bonchev–Trinajstić information content (AvgIpc) is 2.66. The summed E-state index contributed by atoms with van der Waals surface area (Å²) in [4.78, 5) is 24.5. The van der Waals surface area contributed by atoms with Crippen LogP contribution in [0.4, 0.5) is 0 Å². The summed E-state index contributed by atoms with van der Waals surface area (Å²) in [6, 6.07) is 11.8. The summed E-state index contributed by atoms with van der Waals surface area (Å²) in [6.45, 7) is 8.70. The zero-order valence-corrected chi connectivity index (χ0v) is 17.4. The molecule has 5 nitrogen and oxygen atoms in total. The highest BCUT2D eigenvalue weighted by atomic mass is 16.5. The Morgan fingerprint density at radius 1 is 1.03 bits per heavy atom. The van der Waals surface area contributed by atoms with E-state index in [0.29, 0.717) is 30.7 Å². The van der Waals surface area contributed by atoms with Crippen LogP contribution in [0.3, 0.4) is 0 Å². The number of fused-ring (bicyclic) bond motifs is 1. The highest BCUT2D eigenvalue weighted by Crippen LogP contribution is 2.21. The molecule has 1 N–H and O–H groups in total. The molecule has 0 aliphatic rings. The Morgan fingerprint density at radius 3 is 2.52 bits per heavy atom. The normalized spacial score (nSPS) is 10.9. The minimum atomic E-state index is -0.369. The van der Waals surface area contributed by atoms with Gasteiger partial charge in [-0.15, -0.1) is 0 Å². The van der Waals surface area contributed by atoms with Crippen molar-refractivity contribution in [1.29, 1.82) is 0 Å². The van der Waals surface area contributed by atoms with Crippen LogP contribution in [-0.2, 0) is 11.2 Å². The number of hydrogen-bond acceptors (Lipinski definition) is 4. The highest BCUT2D eigenvalue weighted by molar-refractivity contribution is 5.82. The molecule has 0 saturated carbocycles. The molecule has 3 rings (SSSR count). The van der Waals surface area contributed by atoms with E-state index in [2.05, 4.69) is 11.4 Å². The quantitative estimate of drug-likeness (QED) is 0.484. The van der Waals surface area contributed by atoms with Crippen molar-refractivity contribution in [2.24, 2.45) is 0 Å². The molecule has 0 fully saturated rings. The topological polar surface area (TPSA) is 68.5 Å². The number of hydrogen-bond donors (Lipinski definition) is 1. The molecule has 1 aromatic heterocycles. The Labute approximate surface area is 170 Å². The van der Waals surface area contributed by atoms with E-state index in [9.17, 15) is 9.59 Å². The van der Waals surface area contributed by atoms with Gasteiger partial charge in [0.25, 0.3) is 0 Å². The zero-order valence-electron chi connectivity index (χ0n) is 17.4. The molecule has 0 aliphatic carbocycles. The number of aryl methyl sites for hydroxylation is 4. The Morgan fingerprint density at radius 2 is 1.76 bits per heavy atom. The first-order valence-electron chi connectivity index (χ1n) is 9.85. The van der Waals surface area contributed by atoms with E-state index >= 15 is 0 Å². The highest BCUT2D eigenvalue weighted by Gasteiger charge is 2.13. The van der Waals surface area contributed by atoms with Crippen LogP contribution in [0.25, 0.3) is 11.0 Å². The van der Waals surface area contributed by atoms with Gasteiger partial charge in [-0.3, -0.25) is 4.79 Å². The maximum atomic E-state index is 12.3. The van der Waals surface area contributed by atoms with Gasteiger partial charge in [0.15, 0.2) is 0 Å². The van der Waals surface area contributed by atoms with E-state index in [0.717, 1.165) is 27.8 Å². The number of amides is 1. The molecule has 0 unspecified atom stereocenters. The summed E-state index contributed by atoms with van der Waals surface area (Å²) in [6.07, 6.45) is 0.578. The maximum Gasteiger partial charge on any atom is 0.339 e. The van der Waals surface area contributed by atoms with Crippen LogP contribution in [0, 0.1) is 27.7 Å². The van der Waals surface area contributed by atoms with Crippen molar-refractivity contribution in [3.05, 3.63) is 74.6 Å². The Balaban J connectivity index is 1.53. The van der Waals surface area contributed by atoms with Gasteiger partial charge in [0.05, 0.1) is 6.54 Å². The summed E-state index contributed by atoms with van der Waals surface area (Å²) < 4.78 is 11.2. The molecule has 1 heterocycles. The lowest BCUT2D eigenvalue weighted by atomic mass is 10.0. The maximum absolute atomic E-state index is 12.3. The van der Waals surface area contributed by atoms with Gasteiger partial charge in [0.2, 0.25) is 5.91 Å². The average molecular weight is 393 g/mol. The third-order valence-electron chi connectivity index (χ3n) is 5.06. The molecule has 0 bridgehead atoms. The third-order valence-corrected chi connectivity index (χ3v) is 5.06. The van der Waals surface area contributed by atoms with Crippen LogP contribution in [0.5, 0.6) is 5.75 Å². The van der Waals surface area contributed by atoms with Crippen molar-refractivity contribution < 1.29 is 13.9 Å². The van der Waals surface area contributed by atoms with Crippen LogP contribution < -0.4 is 15.7 Å². The Kier molecular flexibility index (Phi) is 6.37. The second-order valence-electron chi connectivity index (χ2n) is 7.46. The second-order valence-corrected chi connectivity index (χ2v) is 7.46. The SMILES string of the molecule is Cc1ccc(OCCNC(=O)CCc2c(C)c3ccc(C)cc3oc2=O)c(C)c1. The fraction of sp³-hybridized carbons (Fsp3) is 0.333. The van der Waals surface area contributed by atoms with E-state index in [-0.39, 0.29) is 18.0 Å². The summed E-state index contributed by atoms with van der Waals surface area (Å²) in [7, 11) is 0. The summed E-state index contributed by atoms with van der Waals surface area (Å²) in [5.41, 5.74) is 4.95. The van der Waals surface area contributed by atoms with Crippen LogP contribution in [0.2, 0.25) is 0 Å². The van der Waals surface area contributed by atoms with Crippen molar-refractivity contribution in [2.75, 3.05) is 13.2 Å². The third kappa shape index (κ3) is 5.05. The summed E-state index contributed by atoms with van der Waals surface area (Å²) >= 11 is 0. The first kappa shape index (κ1) is 20.6. The number of rotatable bonds is 7. The molecule has 152 valence electrons. The Bertz CT molecular complexity index is 1100. The molecule has 0 aliphatic heterocycles. The van der Waals surface area contributed by atoms with Crippen molar-refractivity contribution >= 4 is 16.9 Å². The molecule has 0 atom stereocenters. The lowest BCUT2D eigenvalue weighted by Gasteiger charge is -2.11. The largest absolute Gasteiger partial charge is 0.491 e. The first-order chi connectivity index (χ1) is 13.8. The molecule has 0 spiro atoms. The standard InChI is InChI=1S/C24H27NO4/c1-15-6-9-21(17(3)13-15)28-12-11-25-23(26)10-8-20-18(4)19-7-5-16(2)14-22(19)29-24(20)27/h5-7,9,13-14H,8,10-12H2,1-4H3,(H,25,26). The molecular weight excluding hydrogens is 366 g/mol. The minimum Gasteiger partial charge on any atom is -0.491 e. The van der Waals surface area contributed by atoms with Gasteiger partial charge in [0, 0.05) is 17.4 Å². The monoisotopic (exact) mass is 393 g/mol. The van der Waals surface area contributed by atoms with E-state index in [1.165, 1.54) is 5.56 Å². The number of ether oxygens (including phenoxy) is 1. The molecule has 3 aromatic rings. The van der Waals surface area contributed by atoms with E-state index in [1.54, 1.807) is 0 Å². The fourth-order valence-electron chi connectivity index (χ4n) is 3.43. The van der Waals surface area contributed by atoms with Crippen LogP contribution in [-0.4, -0.2) is 19.1 Å². The number of carbonyl (C=O) groups excluding carboxylic acids is 1. The molecule has 0 saturated heterocycles. The predicted octanol–water partition coefficient (Wildman–Crippen LogP) is 4.15. The van der Waals surface area contributed by atoms with Gasteiger partial charge in [-0.25, -0.2) is 4.79 Å².